The summed E-state index contributed by atoms with van der Waals surface area (Å²) in [7, 11) is -3.13. The molecule has 1 aromatic rings. The third-order valence-corrected chi connectivity index (χ3v) is 4.36. The van der Waals surface area contributed by atoms with E-state index in [1.165, 1.54) is 13.0 Å². The van der Waals surface area contributed by atoms with Gasteiger partial charge in [0, 0.05) is 10.5 Å². The van der Waals surface area contributed by atoms with E-state index in [4.69, 9.17) is 0 Å². The van der Waals surface area contributed by atoms with Crippen LogP contribution < -0.4 is 4.72 Å². The van der Waals surface area contributed by atoms with Crippen molar-refractivity contribution in [3.63, 3.8) is 0 Å². The molecule has 1 rings (SSSR count). The lowest BCUT2D eigenvalue weighted by atomic mass is 10.3. The van der Waals surface area contributed by atoms with Gasteiger partial charge in [-0.25, -0.2) is 8.42 Å². The Balaban J connectivity index is 3.25. The number of ether oxygens (including phenoxy) is 1. The van der Waals surface area contributed by atoms with Crippen LogP contribution in [0.15, 0.2) is 27.6 Å². The Morgan fingerprint density at radius 2 is 2.10 bits per heavy atom. The molecule has 0 radical (unpaired) electrons. The van der Waals surface area contributed by atoms with Crippen LogP contribution in [0.25, 0.3) is 0 Å². The van der Waals surface area contributed by atoms with Crippen LogP contribution in [0.5, 0.6) is 0 Å². The molecule has 0 saturated carbocycles. The maximum Gasteiger partial charge on any atom is 0.323 e. The highest BCUT2D eigenvalue weighted by atomic mass is 79.9. The number of halogens is 1. The lowest BCUT2D eigenvalue weighted by Crippen LogP contribution is -2.39. The first kappa shape index (κ1) is 16.5. The summed E-state index contributed by atoms with van der Waals surface area (Å²) < 4.78 is 31.0. The SMILES string of the molecule is COC(=O)C(C)NS(=O)(=O)c1cc(Br)ccc1[N+](=O)[O-]. The summed E-state index contributed by atoms with van der Waals surface area (Å²) in [5.74, 6) is -0.800. The van der Waals surface area contributed by atoms with Gasteiger partial charge in [-0.2, -0.15) is 4.72 Å². The average molecular weight is 367 g/mol. The predicted molar refractivity (Wildman–Crippen MR) is 72.6 cm³/mol. The molecule has 8 nitrogen and oxygen atoms in total. The first-order valence-corrected chi connectivity index (χ1v) is 7.50. The third-order valence-electron chi connectivity index (χ3n) is 2.29. The van der Waals surface area contributed by atoms with Crippen molar-refractivity contribution < 1.29 is 22.9 Å². The number of rotatable bonds is 5. The number of nitro benzene ring substituents is 1. The zero-order valence-electron chi connectivity index (χ0n) is 10.5. The molecule has 110 valence electrons. The predicted octanol–water partition coefficient (Wildman–Crippen LogP) is 1.20. The van der Waals surface area contributed by atoms with Crippen LogP contribution in [0, 0.1) is 10.1 Å². The van der Waals surface area contributed by atoms with E-state index in [0.29, 0.717) is 4.47 Å². The molecule has 0 bridgehead atoms. The van der Waals surface area contributed by atoms with Gasteiger partial charge in [0.05, 0.1) is 12.0 Å². The van der Waals surface area contributed by atoms with Crippen molar-refractivity contribution in [2.45, 2.75) is 17.9 Å². The quantitative estimate of drug-likeness (QED) is 0.475. The summed E-state index contributed by atoms with van der Waals surface area (Å²) in [6, 6.07) is 2.33. The standard InChI is InChI=1S/C10H11BrN2O6S/c1-6(10(14)19-2)12-20(17,18)9-5-7(11)3-4-8(9)13(15)16/h3-6,12H,1-2H3. The van der Waals surface area contributed by atoms with Gasteiger partial charge in [-0.3, -0.25) is 14.9 Å². The van der Waals surface area contributed by atoms with Crippen LogP contribution in [-0.2, 0) is 19.6 Å². The van der Waals surface area contributed by atoms with Crippen molar-refractivity contribution in [3.8, 4) is 0 Å². The molecule has 1 aromatic carbocycles. The van der Waals surface area contributed by atoms with Crippen LogP contribution >= 0.6 is 15.9 Å². The minimum atomic E-state index is -4.24. The smallest absolute Gasteiger partial charge is 0.323 e. The number of carbonyl (C=O) groups is 1. The Morgan fingerprint density at radius 3 is 2.60 bits per heavy atom. The number of nitro groups is 1. The maximum atomic E-state index is 12.1. The Labute approximate surface area is 123 Å². The van der Waals surface area contributed by atoms with E-state index in [1.807, 2.05) is 4.72 Å². The fourth-order valence-electron chi connectivity index (χ4n) is 1.38. The number of carbonyl (C=O) groups excluding carboxylic acids is 1. The van der Waals surface area contributed by atoms with E-state index < -0.39 is 37.5 Å². The second kappa shape index (κ2) is 6.29. The van der Waals surface area contributed by atoms with E-state index in [2.05, 4.69) is 20.7 Å². The Hall–Kier alpha value is -1.52. The molecule has 20 heavy (non-hydrogen) atoms. The molecule has 1 N–H and O–H groups in total. The highest BCUT2D eigenvalue weighted by Gasteiger charge is 2.29. The molecule has 0 aliphatic heterocycles. The second-order valence-corrected chi connectivity index (χ2v) is 6.33. The van der Waals surface area contributed by atoms with Crippen molar-refractivity contribution in [1.29, 1.82) is 0 Å². The summed E-state index contributed by atoms with van der Waals surface area (Å²) in [5.41, 5.74) is -0.585. The van der Waals surface area contributed by atoms with Crippen LogP contribution in [0.2, 0.25) is 0 Å². The van der Waals surface area contributed by atoms with E-state index in [-0.39, 0.29) is 0 Å². The first-order chi connectivity index (χ1) is 9.19. The van der Waals surface area contributed by atoms with Crippen molar-refractivity contribution >= 4 is 37.6 Å². The second-order valence-electron chi connectivity index (χ2n) is 3.74. The molecule has 10 heteroatoms. The zero-order chi connectivity index (χ0) is 15.5. The lowest BCUT2D eigenvalue weighted by molar-refractivity contribution is -0.387. The number of nitrogens with one attached hydrogen (secondary N) is 1. The Bertz CT molecular complexity index is 645. The van der Waals surface area contributed by atoms with Crippen molar-refractivity contribution in [1.82, 2.24) is 4.72 Å². The van der Waals surface area contributed by atoms with E-state index in [9.17, 15) is 23.3 Å². The van der Waals surface area contributed by atoms with Crippen molar-refractivity contribution in [2.24, 2.45) is 0 Å². The summed E-state index contributed by atoms with van der Waals surface area (Å²) in [6.45, 7) is 1.27. The molecule has 0 saturated heterocycles. The lowest BCUT2D eigenvalue weighted by Gasteiger charge is -2.12. The minimum Gasteiger partial charge on any atom is -0.468 e. The molecule has 1 unspecified atom stereocenters. The molecule has 0 aromatic heterocycles. The fraction of sp³-hybridized carbons (Fsp3) is 0.300. The maximum absolute atomic E-state index is 12.1. The van der Waals surface area contributed by atoms with Crippen LogP contribution in [0.4, 0.5) is 5.69 Å². The summed E-state index contributed by atoms with van der Waals surface area (Å²) >= 11 is 3.04. The molecule has 0 aliphatic rings. The van der Waals surface area contributed by atoms with Crippen molar-refractivity contribution in [2.75, 3.05) is 7.11 Å². The number of esters is 1. The molecule has 0 spiro atoms. The molecule has 0 aliphatic carbocycles. The first-order valence-electron chi connectivity index (χ1n) is 5.23. The van der Waals surface area contributed by atoms with Gasteiger partial charge >= 0.3 is 5.97 Å². The summed E-state index contributed by atoms with van der Waals surface area (Å²) in [5, 5.41) is 10.9. The number of sulfonamides is 1. The van der Waals surface area contributed by atoms with E-state index in [0.717, 1.165) is 19.2 Å². The normalized spacial score (nSPS) is 12.8. The third kappa shape index (κ3) is 3.74. The molecular weight excluding hydrogens is 356 g/mol. The van der Waals surface area contributed by atoms with Gasteiger partial charge in [-0.05, 0) is 19.1 Å². The van der Waals surface area contributed by atoms with Crippen LogP contribution in [0.1, 0.15) is 6.92 Å². The van der Waals surface area contributed by atoms with Crippen LogP contribution in [0.3, 0.4) is 0 Å². The summed E-state index contributed by atoms with van der Waals surface area (Å²) in [4.78, 5) is 20.7. The van der Waals surface area contributed by atoms with Crippen molar-refractivity contribution in [3.05, 3.63) is 32.8 Å². The van der Waals surface area contributed by atoms with Gasteiger partial charge in [-0.1, -0.05) is 15.9 Å². The van der Waals surface area contributed by atoms with E-state index in [1.54, 1.807) is 0 Å². The fourth-order valence-corrected chi connectivity index (χ4v) is 3.28. The van der Waals surface area contributed by atoms with Gasteiger partial charge in [0.1, 0.15) is 6.04 Å². The number of nitrogens with zero attached hydrogens (tertiary/aromatic N) is 1. The molecule has 1 atom stereocenters. The summed E-state index contributed by atoms with van der Waals surface area (Å²) in [6.07, 6.45) is 0. The average Bonchev–Trinajstić information content (AvgIpc) is 2.36. The highest BCUT2D eigenvalue weighted by molar-refractivity contribution is 9.10. The number of methoxy groups -OCH3 is 1. The number of hydrogen-bond donors (Lipinski definition) is 1. The number of benzene rings is 1. The number of hydrogen-bond acceptors (Lipinski definition) is 6. The molecule has 0 amide bonds. The Morgan fingerprint density at radius 1 is 1.50 bits per heavy atom. The zero-order valence-corrected chi connectivity index (χ0v) is 12.9. The molecule has 0 fully saturated rings. The topological polar surface area (TPSA) is 116 Å². The molecular formula is C10H11BrN2O6S. The van der Waals surface area contributed by atoms with E-state index >= 15 is 0 Å². The Kier molecular flexibility index (Phi) is 5.20. The van der Waals surface area contributed by atoms with Gasteiger partial charge in [0.2, 0.25) is 10.0 Å². The molecule has 0 heterocycles. The van der Waals surface area contributed by atoms with Gasteiger partial charge in [-0.15, -0.1) is 0 Å². The van der Waals surface area contributed by atoms with Crippen LogP contribution in [-0.4, -0.2) is 32.5 Å². The monoisotopic (exact) mass is 366 g/mol. The highest BCUT2D eigenvalue weighted by Crippen LogP contribution is 2.27. The van der Waals surface area contributed by atoms with Gasteiger partial charge < -0.3 is 4.74 Å². The van der Waals surface area contributed by atoms with Gasteiger partial charge in [0.25, 0.3) is 5.69 Å². The van der Waals surface area contributed by atoms with Gasteiger partial charge in [0.15, 0.2) is 4.90 Å². The largest absolute Gasteiger partial charge is 0.468 e. The minimum absolute atomic E-state index is 0.356.